The third-order valence-corrected chi connectivity index (χ3v) is 3.82. The molecule has 0 radical (unpaired) electrons. The number of nitrogens with one attached hydrogen (secondary N) is 2. The molecule has 134 valence electrons. The summed E-state index contributed by atoms with van der Waals surface area (Å²) < 4.78 is 0. The van der Waals surface area contributed by atoms with Gasteiger partial charge in [-0.15, -0.1) is 0 Å². The topological polar surface area (TPSA) is 79.5 Å². The van der Waals surface area contributed by atoms with Crippen molar-refractivity contribution >= 4 is 11.9 Å². The van der Waals surface area contributed by atoms with E-state index in [0.29, 0.717) is 24.6 Å². The van der Waals surface area contributed by atoms with Gasteiger partial charge in [-0.1, -0.05) is 51.2 Å². The predicted octanol–water partition coefficient (Wildman–Crippen LogP) is 3.20. The van der Waals surface area contributed by atoms with E-state index in [1.54, 1.807) is 0 Å². The molecule has 0 saturated heterocycles. The minimum Gasteiger partial charge on any atom is -0.370 e. The molecular weight excluding hydrogens is 300 g/mol. The lowest BCUT2D eigenvalue weighted by Crippen LogP contribution is -2.32. The number of carbonyl (C=O) groups is 1. The van der Waals surface area contributed by atoms with Crippen molar-refractivity contribution in [3.05, 3.63) is 35.4 Å². The van der Waals surface area contributed by atoms with Crippen LogP contribution in [0.15, 0.2) is 29.3 Å². The van der Waals surface area contributed by atoms with Gasteiger partial charge in [-0.25, -0.2) is 4.99 Å². The Morgan fingerprint density at radius 2 is 1.67 bits per heavy atom. The van der Waals surface area contributed by atoms with E-state index in [-0.39, 0.29) is 5.91 Å². The molecule has 0 bridgehead atoms. The standard InChI is InChI=1S/C19H32N4O/c1-3-5-6-7-8-9-14-22-19(20)23-15-16-10-12-17(13-11-16)18(24)21-4-2/h10-13H,3-9,14-15H2,1-2H3,(H,21,24)(H3,20,22,23). The second kappa shape index (κ2) is 12.4. The van der Waals surface area contributed by atoms with Gasteiger partial charge >= 0.3 is 0 Å². The highest BCUT2D eigenvalue weighted by Gasteiger charge is 2.03. The normalized spacial score (nSPS) is 11.3. The van der Waals surface area contributed by atoms with Crippen LogP contribution in [0.25, 0.3) is 0 Å². The molecule has 0 spiro atoms. The Morgan fingerprint density at radius 3 is 2.33 bits per heavy atom. The monoisotopic (exact) mass is 332 g/mol. The Morgan fingerprint density at radius 1 is 1.00 bits per heavy atom. The quantitative estimate of drug-likeness (QED) is 0.331. The third-order valence-electron chi connectivity index (χ3n) is 3.82. The molecule has 0 aliphatic heterocycles. The zero-order valence-corrected chi connectivity index (χ0v) is 15.1. The molecule has 0 aliphatic carbocycles. The highest BCUT2D eigenvalue weighted by Crippen LogP contribution is 2.06. The summed E-state index contributed by atoms with van der Waals surface area (Å²) in [7, 11) is 0. The fraction of sp³-hybridized carbons (Fsp3) is 0.579. The second-order valence-electron chi connectivity index (χ2n) is 5.95. The largest absolute Gasteiger partial charge is 0.370 e. The van der Waals surface area contributed by atoms with Crippen LogP contribution in [0.1, 0.15) is 68.3 Å². The Kier molecular flexibility index (Phi) is 10.3. The van der Waals surface area contributed by atoms with Crippen molar-refractivity contribution < 1.29 is 4.79 Å². The molecule has 0 heterocycles. The Bertz CT molecular complexity index is 497. The molecule has 4 N–H and O–H groups in total. The summed E-state index contributed by atoms with van der Waals surface area (Å²) in [6, 6.07) is 7.45. The van der Waals surface area contributed by atoms with Crippen molar-refractivity contribution in [2.24, 2.45) is 10.7 Å². The summed E-state index contributed by atoms with van der Waals surface area (Å²) in [4.78, 5) is 16.0. The third kappa shape index (κ3) is 8.56. The fourth-order valence-electron chi connectivity index (χ4n) is 2.38. The molecule has 0 fully saturated rings. The first-order valence-electron chi connectivity index (χ1n) is 9.08. The SMILES string of the molecule is CCCCCCCCNC(N)=NCc1ccc(C(=O)NCC)cc1. The number of amides is 1. The number of hydrogen-bond donors (Lipinski definition) is 3. The first kappa shape index (κ1) is 20.0. The molecule has 0 aliphatic rings. The van der Waals surface area contributed by atoms with Crippen molar-refractivity contribution in [2.45, 2.75) is 58.9 Å². The van der Waals surface area contributed by atoms with Crippen LogP contribution in [0.2, 0.25) is 0 Å². The summed E-state index contributed by atoms with van der Waals surface area (Å²) in [5.41, 5.74) is 7.58. The van der Waals surface area contributed by atoms with E-state index in [1.165, 1.54) is 32.1 Å². The van der Waals surface area contributed by atoms with Gasteiger partial charge in [0.25, 0.3) is 5.91 Å². The summed E-state index contributed by atoms with van der Waals surface area (Å²) in [5, 5.41) is 5.93. The van der Waals surface area contributed by atoms with Gasteiger partial charge in [0.15, 0.2) is 5.96 Å². The summed E-state index contributed by atoms with van der Waals surface area (Å²) in [6.45, 7) is 6.16. The van der Waals surface area contributed by atoms with Gasteiger partial charge in [-0.2, -0.15) is 0 Å². The van der Waals surface area contributed by atoms with Crippen molar-refractivity contribution in [1.82, 2.24) is 10.6 Å². The number of nitrogens with zero attached hydrogens (tertiary/aromatic N) is 1. The van der Waals surface area contributed by atoms with E-state index in [1.807, 2.05) is 31.2 Å². The average molecular weight is 332 g/mol. The highest BCUT2D eigenvalue weighted by atomic mass is 16.1. The number of carbonyl (C=O) groups excluding carboxylic acids is 1. The number of unbranched alkanes of at least 4 members (excludes halogenated alkanes) is 5. The Labute approximate surface area is 146 Å². The smallest absolute Gasteiger partial charge is 0.251 e. The predicted molar refractivity (Wildman–Crippen MR) is 101 cm³/mol. The molecule has 24 heavy (non-hydrogen) atoms. The summed E-state index contributed by atoms with van der Waals surface area (Å²) in [5.74, 6) is 0.434. The molecule has 0 unspecified atom stereocenters. The highest BCUT2D eigenvalue weighted by molar-refractivity contribution is 5.94. The van der Waals surface area contributed by atoms with Gasteiger partial charge < -0.3 is 16.4 Å². The maximum absolute atomic E-state index is 11.7. The van der Waals surface area contributed by atoms with Crippen LogP contribution < -0.4 is 16.4 Å². The molecule has 1 rings (SSSR count). The van der Waals surface area contributed by atoms with Gasteiger partial charge in [-0.3, -0.25) is 4.79 Å². The lowest BCUT2D eigenvalue weighted by molar-refractivity contribution is 0.0956. The number of guanidine groups is 1. The maximum atomic E-state index is 11.7. The van der Waals surface area contributed by atoms with E-state index in [0.717, 1.165) is 18.5 Å². The van der Waals surface area contributed by atoms with Crippen molar-refractivity contribution in [3.8, 4) is 0 Å². The van der Waals surface area contributed by atoms with Crippen LogP contribution in [0, 0.1) is 0 Å². The number of nitrogens with two attached hydrogens (primary N) is 1. The number of rotatable bonds is 11. The van der Waals surface area contributed by atoms with Crippen LogP contribution in [0.3, 0.4) is 0 Å². The van der Waals surface area contributed by atoms with Crippen LogP contribution in [0.5, 0.6) is 0 Å². The van der Waals surface area contributed by atoms with Crippen LogP contribution in [-0.2, 0) is 6.54 Å². The molecule has 5 heteroatoms. The molecular formula is C19H32N4O. The fourth-order valence-corrected chi connectivity index (χ4v) is 2.38. The van der Waals surface area contributed by atoms with Gasteiger partial charge in [-0.05, 0) is 31.0 Å². The van der Waals surface area contributed by atoms with Crippen molar-refractivity contribution in [3.63, 3.8) is 0 Å². The van der Waals surface area contributed by atoms with Crippen LogP contribution >= 0.6 is 0 Å². The van der Waals surface area contributed by atoms with Gasteiger partial charge in [0, 0.05) is 18.7 Å². The molecule has 5 nitrogen and oxygen atoms in total. The maximum Gasteiger partial charge on any atom is 0.251 e. The molecule has 1 aromatic carbocycles. The van der Waals surface area contributed by atoms with Crippen LogP contribution in [-0.4, -0.2) is 25.0 Å². The van der Waals surface area contributed by atoms with Gasteiger partial charge in [0.05, 0.1) is 6.54 Å². The van der Waals surface area contributed by atoms with Crippen molar-refractivity contribution in [2.75, 3.05) is 13.1 Å². The Hall–Kier alpha value is -2.04. The zero-order valence-electron chi connectivity index (χ0n) is 15.1. The average Bonchev–Trinajstić information content (AvgIpc) is 2.60. The minimum absolute atomic E-state index is 0.0485. The van der Waals surface area contributed by atoms with Crippen LogP contribution in [0.4, 0.5) is 0 Å². The lowest BCUT2D eigenvalue weighted by atomic mass is 10.1. The second-order valence-corrected chi connectivity index (χ2v) is 5.95. The first-order chi connectivity index (χ1) is 11.7. The molecule has 0 aromatic heterocycles. The van der Waals surface area contributed by atoms with E-state index < -0.39 is 0 Å². The van der Waals surface area contributed by atoms with E-state index in [4.69, 9.17) is 5.73 Å². The van der Waals surface area contributed by atoms with Gasteiger partial charge in [0.2, 0.25) is 0 Å². The lowest BCUT2D eigenvalue weighted by Gasteiger charge is -2.06. The molecule has 1 amide bonds. The number of benzene rings is 1. The Balaban J connectivity index is 2.25. The first-order valence-corrected chi connectivity index (χ1v) is 9.08. The summed E-state index contributed by atoms with van der Waals surface area (Å²) in [6.07, 6.45) is 7.59. The number of aliphatic imine (C=N–C) groups is 1. The van der Waals surface area contributed by atoms with E-state index >= 15 is 0 Å². The van der Waals surface area contributed by atoms with E-state index in [2.05, 4.69) is 22.5 Å². The summed E-state index contributed by atoms with van der Waals surface area (Å²) >= 11 is 0. The number of hydrogen-bond acceptors (Lipinski definition) is 2. The zero-order chi connectivity index (χ0) is 17.6. The van der Waals surface area contributed by atoms with E-state index in [9.17, 15) is 4.79 Å². The minimum atomic E-state index is -0.0485. The van der Waals surface area contributed by atoms with Crippen molar-refractivity contribution in [1.29, 1.82) is 0 Å². The molecule has 0 atom stereocenters. The van der Waals surface area contributed by atoms with Gasteiger partial charge in [0.1, 0.15) is 0 Å². The molecule has 1 aromatic rings. The molecule has 0 saturated carbocycles.